The van der Waals surface area contributed by atoms with Gasteiger partial charge in [-0.2, -0.15) is 0 Å². The molecule has 0 saturated carbocycles. The normalized spacial score (nSPS) is 16.8. The number of rotatable bonds is 8. The number of likely N-dealkylation sites (tertiary alicyclic amines) is 1. The number of nitrogens with one attached hydrogen (secondary N) is 1. The summed E-state index contributed by atoms with van der Waals surface area (Å²) in [6.45, 7) is 0.542. The number of benzene rings is 3. The fourth-order valence-electron chi connectivity index (χ4n) is 4.55. The smallest absolute Gasteiger partial charge is 0.255 e. The van der Waals surface area contributed by atoms with Gasteiger partial charge in [0, 0.05) is 18.7 Å². The summed E-state index contributed by atoms with van der Waals surface area (Å²) in [6, 6.07) is 23.5. The maximum Gasteiger partial charge on any atom is 0.255 e. The zero-order chi connectivity index (χ0) is 25.7. The van der Waals surface area contributed by atoms with Gasteiger partial charge in [0.25, 0.3) is 11.8 Å². The number of aliphatic hydroxyl groups is 2. The molecule has 1 saturated heterocycles. The van der Waals surface area contributed by atoms with E-state index in [2.05, 4.69) is 5.32 Å². The van der Waals surface area contributed by atoms with Gasteiger partial charge in [-0.05, 0) is 41.2 Å². The van der Waals surface area contributed by atoms with E-state index in [0.29, 0.717) is 17.7 Å². The van der Waals surface area contributed by atoms with Crippen molar-refractivity contribution < 1.29 is 24.6 Å². The molecule has 3 atom stereocenters. The van der Waals surface area contributed by atoms with Crippen LogP contribution in [0.3, 0.4) is 0 Å². The summed E-state index contributed by atoms with van der Waals surface area (Å²) in [5, 5.41) is 23.4. The number of carbonyl (C=O) groups excluding carboxylic acids is 3. The molecule has 0 spiro atoms. The topological polar surface area (TPSA) is 133 Å². The Morgan fingerprint density at radius 3 is 2.28 bits per heavy atom. The van der Waals surface area contributed by atoms with Crippen molar-refractivity contribution in [3.05, 3.63) is 95.6 Å². The zero-order valence-corrected chi connectivity index (χ0v) is 19.7. The number of aliphatic hydroxyl groups excluding tert-OH is 2. The summed E-state index contributed by atoms with van der Waals surface area (Å²) in [6.07, 6.45) is -2.22. The Morgan fingerprint density at radius 2 is 1.58 bits per heavy atom. The second kappa shape index (κ2) is 11.2. The molecule has 0 radical (unpaired) electrons. The first-order valence-electron chi connectivity index (χ1n) is 11.8. The largest absolute Gasteiger partial charge is 0.380 e. The van der Waals surface area contributed by atoms with Crippen molar-refractivity contribution in [3.63, 3.8) is 0 Å². The van der Waals surface area contributed by atoms with Gasteiger partial charge >= 0.3 is 0 Å². The summed E-state index contributed by atoms with van der Waals surface area (Å²) in [5.74, 6) is -2.02. The highest BCUT2D eigenvalue weighted by Gasteiger charge is 2.38. The van der Waals surface area contributed by atoms with Gasteiger partial charge in [-0.3, -0.25) is 14.4 Å². The number of nitrogens with zero attached hydrogens (tertiary/aromatic N) is 1. The van der Waals surface area contributed by atoms with Crippen molar-refractivity contribution in [1.29, 1.82) is 0 Å². The second-order valence-corrected chi connectivity index (χ2v) is 8.81. The van der Waals surface area contributed by atoms with Crippen molar-refractivity contribution in [2.75, 3.05) is 6.54 Å². The van der Waals surface area contributed by atoms with E-state index < -0.39 is 29.9 Å². The van der Waals surface area contributed by atoms with Crippen LogP contribution in [0.4, 0.5) is 0 Å². The Kier molecular flexibility index (Phi) is 7.77. The summed E-state index contributed by atoms with van der Waals surface area (Å²) in [5.41, 5.74) is 9.05. The first-order chi connectivity index (χ1) is 17.4. The quantitative estimate of drug-likeness (QED) is 0.386. The molecule has 1 heterocycles. The molecule has 1 aliphatic heterocycles. The third-order valence-corrected chi connectivity index (χ3v) is 6.47. The minimum Gasteiger partial charge on any atom is -0.380 e. The molecule has 8 heteroatoms. The van der Waals surface area contributed by atoms with Gasteiger partial charge in [0.1, 0.15) is 0 Å². The van der Waals surface area contributed by atoms with E-state index in [1.54, 1.807) is 42.5 Å². The fraction of sp³-hybridized carbons (Fsp3) is 0.250. The fourth-order valence-corrected chi connectivity index (χ4v) is 4.55. The van der Waals surface area contributed by atoms with Crippen LogP contribution in [0.5, 0.6) is 0 Å². The summed E-state index contributed by atoms with van der Waals surface area (Å²) < 4.78 is 0. The maximum absolute atomic E-state index is 12.9. The number of carbonyl (C=O) groups is 3. The van der Waals surface area contributed by atoms with Crippen LogP contribution in [0.15, 0.2) is 78.9 Å². The van der Waals surface area contributed by atoms with Crippen molar-refractivity contribution in [3.8, 4) is 11.1 Å². The van der Waals surface area contributed by atoms with E-state index in [-0.39, 0.29) is 12.6 Å². The van der Waals surface area contributed by atoms with Crippen LogP contribution in [-0.4, -0.2) is 51.6 Å². The molecule has 3 aromatic rings. The van der Waals surface area contributed by atoms with Gasteiger partial charge in [-0.1, -0.05) is 72.8 Å². The number of nitrogens with two attached hydrogens (primary N) is 1. The molecular formula is C28H29N3O5. The highest BCUT2D eigenvalue weighted by atomic mass is 16.3. The Labute approximate surface area is 209 Å². The average molecular weight is 488 g/mol. The van der Waals surface area contributed by atoms with E-state index in [1.807, 2.05) is 36.4 Å². The van der Waals surface area contributed by atoms with Crippen LogP contribution in [0.2, 0.25) is 0 Å². The van der Waals surface area contributed by atoms with Gasteiger partial charge in [0.15, 0.2) is 12.2 Å². The van der Waals surface area contributed by atoms with Crippen molar-refractivity contribution >= 4 is 17.7 Å². The predicted octanol–water partition coefficient (Wildman–Crippen LogP) is 2.15. The third-order valence-electron chi connectivity index (χ3n) is 6.47. The molecule has 186 valence electrons. The highest BCUT2D eigenvalue weighted by Crippen LogP contribution is 2.32. The number of primary amides is 1. The molecule has 4 rings (SSSR count). The van der Waals surface area contributed by atoms with Crippen molar-refractivity contribution in [2.24, 2.45) is 5.73 Å². The van der Waals surface area contributed by atoms with E-state index in [9.17, 15) is 24.6 Å². The van der Waals surface area contributed by atoms with Crippen molar-refractivity contribution in [2.45, 2.75) is 37.6 Å². The molecule has 0 bridgehead atoms. The average Bonchev–Trinajstić information content (AvgIpc) is 3.41. The number of hydrogen-bond acceptors (Lipinski definition) is 5. The summed E-state index contributed by atoms with van der Waals surface area (Å²) in [4.78, 5) is 38.6. The minimum atomic E-state index is -1.89. The van der Waals surface area contributed by atoms with Gasteiger partial charge in [0.05, 0.1) is 6.04 Å². The van der Waals surface area contributed by atoms with Crippen LogP contribution in [0.1, 0.15) is 40.4 Å². The first-order valence-corrected chi connectivity index (χ1v) is 11.8. The zero-order valence-electron chi connectivity index (χ0n) is 19.7. The molecule has 8 nitrogen and oxygen atoms in total. The van der Waals surface area contributed by atoms with Crippen LogP contribution in [0, 0.1) is 0 Å². The molecule has 3 amide bonds. The van der Waals surface area contributed by atoms with Gasteiger partial charge < -0.3 is 26.2 Å². The van der Waals surface area contributed by atoms with Crippen LogP contribution in [-0.2, 0) is 16.1 Å². The number of hydrogen-bond donors (Lipinski definition) is 4. The lowest BCUT2D eigenvalue weighted by Crippen LogP contribution is -2.50. The van der Waals surface area contributed by atoms with E-state index >= 15 is 0 Å². The molecule has 0 aromatic heterocycles. The van der Waals surface area contributed by atoms with Gasteiger partial charge in [-0.15, -0.1) is 0 Å². The summed E-state index contributed by atoms with van der Waals surface area (Å²) in [7, 11) is 0. The molecule has 0 aliphatic carbocycles. The van der Waals surface area contributed by atoms with Crippen molar-refractivity contribution in [1.82, 2.24) is 10.2 Å². The van der Waals surface area contributed by atoms with Crippen LogP contribution in [0.25, 0.3) is 11.1 Å². The van der Waals surface area contributed by atoms with Gasteiger partial charge in [-0.25, -0.2) is 0 Å². The lowest BCUT2D eigenvalue weighted by Gasteiger charge is -2.28. The number of amides is 3. The Morgan fingerprint density at radius 1 is 0.917 bits per heavy atom. The third kappa shape index (κ3) is 5.45. The van der Waals surface area contributed by atoms with E-state index in [0.717, 1.165) is 29.5 Å². The SMILES string of the molecule is NC(=O)c1ccccc1-c1ccc(CNC(=O)C(O)[C@@H](O)C(=O)N2CCC[C@@H]2c2ccccc2)cc1. The predicted molar refractivity (Wildman–Crippen MR) is 134 cm³/mol. The van der Waals surface area contributed by atoms with Crippen LogP contribution >= 0.6 is 0 Å². The van der Waals surface area contributed by atoms with E-state index in [1.165, 1.54) is 4.90 Å². The molecule has 3 aromatic carbocycles. The molecular weight excluding hydrogens is 458 g/mol. The second-order valence-electron chi connectivity index (χ2n) is 8.81. The highest BCUT2D eigenvalue weighted by molar-refractivity contribution is 5.99. The first kappa shape index (κ1) is 25.1. The minimum absolute atomic E-state index is 0.0882. The maximum atomic E-state index is 12.9. The molecule has 1 fully saturated rings. The lowest BCUT2D eigenvalue weighted by atomic mass is 9.98. The molecule has 1 unspecified atom stereocenters. The molecule has 5 N–H and O–H groups in total. The Bertz CT molecular complexity index is 1230. The monoisotopic (exact) mass is 487 g/mol. The van der Waals surface area contributed by atoms with Gasteiger partial charge in [0.2, 0.25) is 5.91 Å². The lowest BCUT2D eigenvalue weighted by molar-refractivity contribution is -0.153. The van der Waals surface area contributed by atoms with Crippen LogP contribution < -0.4 is 11.1 Å². The standard InChI is InChI=1S/C28H29N3O5/c29-26(34)22-10-5-4-9-21(22)19-14-12-18(13-15-19)17-30-27(35)24(32)25(33)28(36)31-16-6-11-23(31)20-7-2-1-3-8-20/h1-5,7-10,12-15,23-25,32-33H,6,11,16-17H2,(H2,29,34)(H,30,35)/t23-,24?,25-/m1/s1. The summed E-state index contributed by atoms with van der Waals surface area (Å²) >= 11 is 0. The Hall–Kier alpha value is -4.01. The molecule has 36 heavy (non-hydrogen) atoms. The van der Waals surface area contributed by atoms with E-state index in [4.69, 9.17) is 5.73 Å². The Balaban J connectivity index is 1.35. The molecule has 1 aliphatic rings.